The lowest BCUT2D eigenvalue weighted by Gasteiger charge is -2.29. The van der Waals surface area contributed by atoms with Crippen LogP contribution in [0.3, 0.4) is 0 Å². The van der Waals surface area contributed by atoms with E-state index in [0.29, 0.717) is 12.4 Å². The molecular formula is C12H24N4O2S. The van der Waals surface area contributed by atoms with Crippen molar-refractivity contribution in [2.45, 2.75) is 20.0 Å². The SMILES string of the molecule is CN(C)CC(C)(C)CNCC(O)COc1cnsn1. The lowest BCUT2D eigenvalue weighted by atomic mass is 9.93. The van der Waals surface area contributed by atoms with Gasteiger partial charge in [-0.05, 0) is 19.5 Å². The summed E-state index contributed by atoms with van der Waals surface area (Å²) in [5, 5.41) is 13.1. The third-order valence-corrected chi connectivity index (χ3v) is 2.95. The first-order valence-electron chi connectivity index (χ1n) is 6.33. The Hall–Kier alpha value is -0.760. The molecule has 0 radical (unpaired) electrons. The lowest BCUT2D eigenvalue weighted by Crippen LogP contribution is -2.41. The smallest absolute Gasteiger partial charge is 0.245 e. The minimum atomic E-state index is -0.545. The number of hydrogen-bond donors (Lipinski definition) is 2. The number of nitrogens with one attached hydrogen (secondary N) is 1. The quantitative estimate of drug-likeness (QED) is 0.688. The van der Waals surface area contributed by atoms with Crippen LogP contribution in [0, 0.1) is 5.41 Å². The van der Waals surface area contributed by atoms with E-state index in [4.69, 9.17) is 4.74 Å². The molecule has 1 heterocycles. The number of hydrogen-bond acceptors (Lipinski definition) is 7. The van der Waals surface area contributed by atoms with Gasteiger partial charge in [-0.1, -0.05) is 13.8 Å². The molecule has 1 unspecified atom stereocenters. The molecule has 0 saturated carbocycles. The van der Waals surface area contributed by atoms with Gasteiger partial charge in [-0.25, -0.2) is 0 Å². The van der Waals surface area contributed by atoms with Gasteiger partial charge in [-0.2, -0.15) is 4.37 Å². The van der Waals surface area contributed by atoms with Crippen molar-refractivity contribution in [2.75, 3.05) is 40.3 Å². The van der Waals surface area contributed by atoms with Crippen molar-refractivity contribution in [1.29, 1.82) is 0 Å². The van der Waals surface area contributed by atoms with E-state index >= 15 is 0 Å². The summed E-state index contributed by atoms with van der Waals surface area (Å²) in [7, 11) is 4.12. The van der Waals surface area contributed by atoms with Crippen molar-refractivity contribution in [2.24, 2.45) is 5.41 Å². The van der Waals surface area contributed by atoms with Crippen LogP contribution in [0.15, 0.2) is 6.20 Å². The van der Waals surface area contributed by atoms with E-state index in [1.807, 2.05) is 0 Å². The maximum absolute atomic E-state index is 9.78. The van der Waals surface area contributed by atoms with E-state index < -0.39 is 6.10 Å². The fourth-order valence-corrected chi connectivity index (χ4v) is 2.31. The van der Waals surface area contributed by atoms with Crippen molar-refractivity contribution in [1.82, 2.24) is 19.0 Å². The standard InChI is InChI=1S/C12H24N4O2S/c1-12(2,9-16(3)4)8-13-5-10(17)7-18-11-6-14-19-15-11/h6,10,13,17H,5,7-9H2,1-4H3. The first-order valence-corrected chi connectivity index (χ1v) is 7.06. The molecule has 7 heteroatoms. The van der Waals surface area contributed by atoms with Gasteiger partial charge in [0, 0.05) is 19.6 Å². The van der Waals surface area contributed by atoms with Crippen molar-refractivity contribution < 1.29 is 9.84 Å². The maximum atomic E-state index is 9.78. The zero-order valence-electron chi connectivity index (χ0n) is 12.1. The second-order valence-electron chi connectivity index (χ2n) is 5.74. The number of aliphatic hydroxyl groups is 1. The molecule has 2 N–H and O–H groups in total. The normalized spacial score (nSPS) is 13.8. The van der Waals surface area contributed by atoms with Gasteiger partial charge in [0.1, 0.15) is 18.9 Å². The van der Waals surface area contributed by atoms with Crippen LogP contribution in [0.4, 0.5) is 0 Å². The molecule has 0 fully saturated rings. The van der Waals surface area contributed by atoms with Gasteiger partial charge in [0.05, 0.1) is 11.7 Å². The highest BCUT2D eigenvalue weighted by Crippen LogP contribution is 2.14. The number of aliphatic hydroxyl groups excluding tert-OH is 1. The number of ether oxygens (including phenoxy) is 1. The molecule has 0 aliphatic carbocycles. The monoisotopic (exact) mass is 288 g/mol. The minimum absolute atomic E-state index is 0.170. The summed E-state index contributed by atoms with van der Waals surface area (Å²) >= 11 is 1.09. The molecule has 0 bridgehead atoms. The van der Waals surface area contributed by atoms with Crippen LogP contribution in [-0.4, -0.2) is 65.2 Å². The second kappa shape index (κ2) is 7.74. The van der Waals surface area contributed by atoms with Gasteiger partial charge < -0.3 is 20.1 Å². The molecule has 19 heavy (non-hydrogen) atoms. The summed E-state index contributed by atoms with van der Waals surface area (Å²) < 4.78 is 13.0. The minimum Gasteiger partial charge on any atom is -0.473 e. The molecule has 110 valence electrons. The van der Waals surface area contributed by atoms with Crippen LogP contribution in [0.1, 0.15) is 13.8 Å². The van der Waals surface area contributed by atoms with Crippen molar-refractivity contribution >= 4 is 11.7 Å². The predicted octanol–water partition coefficient (Wildman–Crippen LogP) is 0.455. The second-order valence-corrected chi connectivity index (χ2v) is 6.30. The molecule has 0 aromatic carbocycles. The first kappa shape index (κ1) is 16.3. The molecule has 1 aromatic rings. The van der Waals surface area contributed by atoms with Gasteiger partial charge in [0.15, 0.2) is 0 Å². The zero-order chi connectivity index (χ0) is 14.3. The summed E-state index contributed by atoms with van der Waals surface area (Å²) in [5.74, 6) is 0.469. The molecule has 6 nitrogen and oxygen atoms in total. The Labute approximate surface area is 119 Å². The number of rotatable bonds is 9. The van der Waals surface area contributed by atoms with Crippen LogP contribution in [-0.2, 0) is 0 Å². The van der Waals surface area contributed by atoms with Crippen molar-refractivity contribution in [3.63, 3.8) is 0 Å². The highest BCUT2D eigenvalue weighted by molar-refractivity contribution is 6.99. The molecule has 0 spiro atoms. The highest BCUT2D eigenvalue weighted by Gasteiger charge is 2.18. The average Bonchev–Trinajstić information content (AvgIpc) is 2.76. The number of aromatic nitrogens is 2. The lowest BCUT2D eigenvalue weighted by molar-refractivity contribution is 0.100. The van der Waals surface area contributed by atoms with E-state index in [0.717, 1.165) is 24.8 Å². The molecule has 0 aliphatic rings. The van der Waals surface area contributed by atoms with Crippen LogP contribution in [0.2, 0.25) is 0 Å². The van der Waals surface area contributed by atoms with Crippen LogP contribution in [0.25, 0.3) is 0 Å². The summed E-state index contributed by atoms with van der Waals surface area (Å²) in [6.07, 6.45) is 1.00. The van der Waals surface area contributed by atoms with E-state index in [-0.39, 0.29) is 12.0 Å². The average molecular weight is 288 g/mol. The molecule has 0 aliphatic heterocycles. The highest BCUT2D eigenvalue weighted by atomic mass is 32.1. The third-order valence-electron chi connectivity index (χ3n) is 2.49. The molecule has 0 amide bonds. The maximum Gasteiger partial charge on any atom is 0.245 e. The van der Waals surface area contributed by atoms with E-state index in [1.54, 1.807) is 6.20 Å². The van der Waals surface area contributed by atoms with Gasteiger partial charge >= 0.3 is 0 Å². The van der Waals surface area contributed by atoms with Crippen LogP contribution >= 0.6 is 11.7 Å². The fraction of sp³-hybridized carbons (Fsp3) is 0.833. The topological polar surface area (TPSA) is 70.5 Å². The Morgan fingerprint density at radius 2 is 2.26 bits per heavy atom. The summed E-state index contributed by atoms with van der Waals surface area (Å²) in [4.78, 5) is 2.16. The summed E-state index contributed by atoms with van der Waals surface area (Å²) in [6, 6.07) is 0. The molecule has 1 rings (SSSR count). The largest absolute Gasteiger partial charge is 0.473 e. The Kier molecular flexibility index (Phi) is 6.64. The Morgan fingerprint density at radius 3 is 2.84 bits per heavy atom. The van der Waals surface area contributed by atoms with E-state index in [9.17, 15) is 5.11 Å². The van der Waals surface area contributed by atoms with E-state index in [1.165, 1.54) is 0 Å². The van der Waals surface area contributed by atoms with Crippen LogP contribution < -0.4 is 10.1 Å². The predicted molar refractivity (Wildman–Crippen MR) is 76.6 cm³/mol. The summed E-state index contributed by atoms with van der Waals surface area (Å²) in [6.45, 7) is 6.98. The van der Waals surface area contributed by atoms with Crippen molar-refractivity contribution in [3.05, 3.63) is 6.20 Å². The van der Waals surface area contributed by atoms with Gasteiger partial charge in [0.25, 0.3) is 0 Å². The van der Waals surface area contributed by atoms with Gasteiger partial charge in [0.2, 0.25) is 5.88 Å². The Morgan fingerprint density at radius 1 is 1.53 bits per heavy atom. The first-order chi connectivity index (χ1) is 8.89. The van der Waals surface area contributed by atoms with Crippen molar-refractivity contribution in [3.8, 4) is 5.88 Å². The van der Waals surface area contributed by atoms with Gasteiger partial charge in [-0.15, -0.1) is 4.37 Å². The van der Waals surface area contributed by atoms with Gasteiger partial charge in [-0.3, -0.25) is 0 Å². The summed E-state index contributed by atoms with van der Waals surface area (Å²) in [5.41, 5.74) is 0.170. The zero-order valence-corrected chi connectivity index (χ0v) is 12.9. The Bertz CT molecular complexity index is 344. The van der Waals surface area contributed by atoms with E-state index in [2.05, 4.69) is 46.9 Å². The molecule has 0 saturated heterocycles. The van der Waals surface area contributed by atoms with Crippen LogP contribution in [0.5, 0.6) is 5.88 Å². The Balaban J connectivity index is 2.14. The molecule has 1 aromatic heterocycles. The molecular weight excluding hydrogens is 264 g/mol. The third kappa shape index (κ3) is 7.41. The fourth-order valence-electron chi connectivity index (χ4n) is 1.95. The molecule has 1 atom stereocenters. The number of nitrogens with zero attached hydrogens (tertiary/aromatic N) is 3.